The van der Waals surface area contributed by atoms with Gasteiger partial charge in [-0.25, -0.2) is 9.97 Å². The van der Waals surface area contributed by atoms with Gasteiger partial charge in [0.25, 0.3) is 0 Å². The second-order valence-corrected chi connectivity index (χ2v) is 12.5. The highest BCUT2D eigenvalue weighted by Gasteiger charge is 2.21. The number of phenols is 1. The first-order valence-electron chi connectivity index (χ1n) is 14.7. The number of nitrogens with zero attached hydrogens (tertiary/aromatic N) is 4. The number of hydrogen-bond acceptors (Lipinski definition) is 6. The smallest absolute Gasteiger partial charge is 0.156 e. The molecule has 3 heterocycles. The van der Waals surface area contributed by atoms with E-state index in [4.69, 9.17) is 39.8 Å². The maximum atomic E-state index is 11.4. The largest absolute Gasteiger partial charge is 0.507 e. The van der Waals surface area contributed by atoms with E-state index in [9.17, 15) is 5.11 Å². The number of likely N-dealkylation sites (tertiary alicyclic amines) is 2. The van der Waals surface area contributed by atoms with Crippen molar-refractivity contribution in [2.75, 3.05) is 31.5 Å². The lowest BCUT2D eigenvalue weighted by molar-refractivity contribution is 0.312. The van der Waals surface area contributed by atoms with E-state index in [1.165, 1.54) is 25.7 Å². The number of rotatable bonds is 9. The molecule has 2 aliphatic heterocycles. The normalized spacial score (nSPS) is 16.0. The third kappa shape index (κ3) is 7.51. The Morgan fingerprint density at radius 2 is 1.26 bits per heavy atom. The minimum Gasteiger partial charge on any atom is -0.507 e. The van der Waals surface area contributed by atoms with Gasteiger partial charge in [-0.05, 0) is 105 Å². The van der Waals surface area contributed by atoms with Gasteiger partial charge in [0.2, 0.25) is 0 Å². The van der Waals surface area contributed by atoms with Crippen molar-refractivity contribution in [3.05, 3.63) is 98.4 Å². The summed E-state index contributed by atoms with van der Waals surface area (Å²) in [6.07, 6.45) is 8.52. The van der Waals surface area contributed by atoms with Crippen molar-refractivity contribution in [3.8, 4) is 16.9 Å². The summed E-state index contributed by atoms with van der Waals surface area (Å²) in [7, 11) is 0. The molecule has 43 heavy (non-hydrogen) atoms. The molecule has 6 nitrogen and oxygen atoms in total. The number of anilines is 2. The zero-order valence-electron chi connectivity index (χ0n) is 23.9. The molecule has 4 aromatic rings. The van der Waals surface area contributed by atoms with Gasteiger partial charge in [-0.3, -0.25) is 9.80 Å². The maximum Gasteiger partial charge on any atom is 0.156 e. The van der Waals surface area contributed by atoms with E-state index in [1.54, 1.807) is 0 Å². The van der Waals surface area contributed by atoms with E-state index in [1.807, 2.05) is 72.8 Å². The van der Waals surface area contributed by atoms with Gasteiger partial charge in [0.1, 0.15) is 16.7 Å². The highest BCUT2D eigenvalue weighted by atomic mass is 35.5. The monoisotopic (exact) mass is 633 g/mol. The van der Waals surface area contributed by atoms with Gasteiger partial charge in [0.15, 0.2) is 5.82 Å². The van der Waals surface area contributed by atoms with Crippen molar-refractivity contribution >= 4 is 58.5 Å². The fourth-order valence-corrected chi connectivity index (χ4v) is 6.34. The number of nitrogens with one attached hydrogen (secondary N) is 1. The number of halogens is 3. The maximum absolute atomic E-state index is 11.4. The number of hydrogen-bond donors (Lipinski definition) is 2. The van der Waals surface area contributed by atoms with Gasteiger partial charge in [0, 0.05) is 39.9 Å². The molecule has 1 aromatic heterocycles. The van der Waals surface area contributed by atoms with Gasteiger partial charge in [-0.1, -0.05) is 65.1 Å². The lowest BCUT2D eigenvalue weighted by atomic mass is 10.0. The Hall–Kier alpha value is -3.13. The molecular formula is C34H34Cl3N5O. The summed E-state index contributed by atoms with van der Waals surface area (Å²) in [4.78, 5) is 14.3. The molecule has 2 N–H and O–H groups in total. The van der Waals surface area contributed by atoms with E-state index in [-0.39, 0.29) is 0 Å². The Balaban J connectivity index is 1.40. The van der Waals surface area contributed by atoms with Crippen LogP contribution in [0.5, 0.6) is 5.75 Å². The number of aromatic hydroxyl groups is 1. The third-order valence-corrected chi connectivity index (χ3v) is 8.80. The first-order chi connectivity index (χ1) is 20.9. The average Bonchev–Trinajstić information content (AvgIpc) is 3.71. The Kier molecular flexibility index (Phi) is 9.51. The minimum absolute atomic E-state index is 0.323. The quantitative estimate of drug-likeness (QED) is 0.142. The van der Waals surface area contributed by atoms with Crippen LogP contribution in [0.15, 0.2) is 60.7 Å². The lowest BCUT2D eigenvalue weighted by Crippen LogP contribution is -2.20. The van der Waals surface area contributed by atoms with Crippen molar-refractivity contribution < 1.29 is 5.11 Å². The summed E-state index contributed by atoms with van der Waals surface area (Å²) in [5.74, 6) is 1.42. The summed E-state index contributed by atoms with van der Waals surface area (Å²) >= 11 is 19.1. The zero-order chi connectivity index (χ0) is 29.8. The van der Waals surface area contributed by atoms with Crippen LogP contribution in [0.1, 0.15) is 48.2 Å². The molecule has 0 saturated carbocycles. The van der Waals surface area contributed by atoms with E-state index >= 15 is 0 Å². The number of benzene rings is 3. The third-order valence-electron chi connectivity index (χ3n) is 8.03. The van der Waals surface area contributed by atoms with Gasteiger partial charge in [-0.2, -0.15) is 0 Å². The Morgan fingerprint density at radius 1 is 0.721 bits per heavy atom. The highest BCUT2D eigenvalue weighted by molar-refractivity contribution is 6.33. The van der Waals surface area contributed by atoms with Gasteiger partial charge < -0.3 is 10.4 Å². The van der Waals surface area contributed by atoms with Crippen LogP contribution in [-0.2, 0) is 13.1 Å². The minimum atomic E-state index is 0.323. The molecule has 2 fully saturated rings. The molecule has 0 bridgehead atoms. The zero-order valence-corrected chi connectivity index (χ0v) is 26.1. The predicted octanol–water partition coefficient (Wildman–Crippen LogP) is 8.92. The summed E-state index contributed by atoms with van der Waals surface area (Å²) < 4.78 is 0. The van der Waals surface area contributed by atoms with Crippen LogP contribution in [-0.4, -0.2) is 51.1 Å². The molecule has 3 aromatic carbocycles. The fourth-order valence-electron chi connectivity index (χ4n) is 5.80. The summed E-state index contributed by atoms with van der Waals surface area (Å²) in [6.45, 7) is 5.60. The molecule has 0 aliphatic carbocycles. The van der Waals surface area contributed by atoms with Gasteiger partial charge in [-0.15, -0.1) is 0 Å². The fraction of sp³-hybridized carbons (Fsp3) is 0.294. The molecule has 0 radical (unpaired) electrons. The molecule has 9 heteroatoms. The first kappa shape index (κ1) is 29.9. The van der Waals surface area contributed by atoms with E-state index < -0.39 is 0 Å². The van der Waals surface area contributed by atoms with Crippen molar-refractivity contribution in [2.24, 2.45) is 0 Å². The molecule has 0 spiro atoms. The number of phenolic OH excluding ortho intramolecular Hbond substituents is 1. The Labute approximate surface area is 267 Å². The molecule has 2 saturated heterocycles. The predicted molar refractivity (Wildman–Crippen MR) is 178 cm³/mol. The van der Waals surface area contributed by atoms with Crippen molar-refractivity contribution in [1.29, 1.82) is 0 Å². The van der Waals surface area contributed by atoms with E-state index in [0.717, 1.165) is 54.1 Å². The molecule has 2 aliphatic rings. The van der Waals surface area contributed by atoms with Crippen LogP contribution in [0.3, 0.4) is 0 Å². The second kappa shape index (κ2) is 13.7. The topological polar surface area (TPSA) is 64.5 Å². The van der Waals surface area contributed by atoms with Gasteiger partial charge >= 0.3 is 0 Å². The van der Waals surface area contributed by atoms with E-state index in [2.05, 4.69) is 20.1 Å². The molecule has 0 unspecified atom stereocenters. The average molecular weight is 635 g/mol. The van der Waals surface area contributed by atoms with Crippen LogP contribution in [0.4, 0.5) is 11.5 Å². The van der Waals surface area contributed by atoms with Crippen molar-refractivity contribution in [1.82, 2.24) is 19.8 Å². The molecule has 222 valence electrons. The van der Waals surface area contributed by atoms with Crippen LogP contribution in [0.25, 0.3) is 23.3 Å². The number of aromatic nitrogens is 2. The van der Waals surface area contributed by atoms with Gasteiger partial charge in [0.05, 0.1) is 5.56 Å². The van der Waals surface area contributed by atoms with Crippen LogP contribution in [0, 0.1) is 0 Å². The SMILES string of the molecule is Oc1c(CN2CCCC2)cc(Nc2nc(C=Cc3ccc(Cl)cc3)nc(Cl)c2-c2ccc(Cl)cc2)cc1CN1CCCC1. The van der Waals surface area contributed by atoms with Crippen molar-refractivity contribution in [3.63, 3.8) is 0 Å². The van der Waals surface area contributed by atoms with E-state index in [0.29, 0.717) is 51.2 Å². The molecule has 0 amide bonds. The summed E-state index contributed by atoms with van der Waals surface area (Å²) in [5, 5.41) is 16.6. The first-order valence-corrected chi connectivity index (χ1v) is 15.9. The molecule has 6 rings (SSSR count). The summed E-state index contributed by atoms with van der Waals surface area (Å²) in [5.41, 5.74) is 5.17. The van der Waals surface area contributed by atoms with Crippen LogP contribution < -0.4 is 5.32 Å². The second-order valence-electron chi connectivity index (χ2n) is 11.2. The Morgan fingerprint density at radius 3 is 1.81 bits per heavy atom. The van der Waals surface area contributed by atoms with Crippen LogP contribution >= 0.6 is 34.8 Å². The highest BCUT2D eigenvalue weighted by Crippen LogP contribution is 2.37. The molecular weight excluding hydrogens is 601 g/mol. The Bertz CT molecular complexity index is 1560. The van der Waals surface area contributed by atoms with Crippen LogP contribution in [0.2, 0.25) is 15.2 Å². The molecule has 0 atom stereocenters. The van der Waals surface area contributed by atoms with Crippen molar-refractivity contribution in [2.45, 2.75) is 38.8 Å². The summed E-state index contributed by atoms with van der Waals surface area (Å²) in [6, 6.07) is 19.1. The lowest BCUT2D eigenvalue weighted by Gasteiger charge is -2.22. The standard InChI is InChI=1S/C34H34Cl3N5O/c35-27-10-5-23(6-11-27)7-14-30-39-33(37)31(24-8-12-28(36)13-9-24)34(40-30)38-29-19-25(21-41-15-1-2-16-41)32(43)26(20-29)22-42-17-3-4-18-42/h5-14,19-20,43H,1-4,15-18,21-22H2,(H,38,39,40).